The van der Waals surface area contributed by atoms with E-state index in [-0.39, 0.29) is 5.56 Å². The molecule has 1 atom stereocenters. The zero-order valence-electron chi connectivity index (χ0n) is 10.4. The molecule has 0 bridgehead atoms. The zero-order valence-corrected chi connectivity index (χ0v) is 10.4. The molecule has 17 heavy (non-hydrogen) atoms. The molecule has 2 N–H and O–H groups in total. The van der Waals surface area contributed by atoms with E-state index in [1.807, 2.05) is 6.92 Å². The average molecular weight is 234 g/mol. The summed E-state index contributed by atoms with van der Waals surface area (Å²) in [5, 5.41) is 13.0. The lowest BCUT2D eigenvalue weighted by Gasteiger charge is -2.08. The highest BCUT2D eigenvalue weighted by molar-refractivity contribution is 5.88. The van der Waals surface area contributed by atoms with Gasteiger partial charge in [-0.25, -0.2) is 4.79 Å². The third kappa shape index (κ3) is 3.90. The number of carbonyl (C=O) groups is 1. The van der Waals surface area contributed by atoms with Gasteiger partial charge in [-0.3, -0.25) is 5.43 Å². The van der Waals surface area contributed by atoms with Gasteiger partial charge >= 0.3 is 5.97 Å². The van der Waals surface area contributed by atoms with E-state index in [0.29, 0.717) is 5.92 Å². The maximum atomic E-state index is 10.7. The molecule has 0 aliphatic rings. The first-order valence-corrected chi connectivity index (χ1v) is 5.68. The van der Waals surface area contributed by atoms with E-state index in [2.05, 4.69) is 24.4 Å². The Morgan fingerprint density at radius 2 is 2.00 bits per heavy atom. The molecule has 0 aromatic heterocycles. The molecule has 0 amide bonds. The number of rotatable bonds is 5. The minimum atomic E-state index is -0.921. The molecule has 0 aliphatic carbocycles. The van der Waals surface area contributed by atoms with Crippen LogP contribution in [-0.2, 0) is 0 Å². The van der Waals surface area contributed by atoms with Crippen molar-refractivity contribution in [3.05, 3.63) is 29.8 Å². The number of carboxylic acid groups (broad SMARTS) is 1. The van der Waals surface area contributed by atoms with Gasteiger partial charge in [0, 0.05) is 5.71 Å². The van der Waals surface area contributed by atoms with Crippen LogP contribution in [-0.4, -0.2) is 16.8 Å². The molecule has 4 nitrogen and oxygen atoms in total. The van der Waals surface area contributed by atoms with Crippen LogP contribution >= 0.6 is 0 Å². The second-order valence-corrected chi connectivity index (χ2v) is 4.06. The molecule has 0 spiro atoms. The summed E-state index contributed by atoms with van der Waals surface area (Å²) in [6, 6.07) is 6.52. The number of hydrogen-bond donors (Lipinski definition) is 2. The SMILES string of the molecule is CC[C@@H](C)/C(C)=N\Nc1ccc(C(=O)O)cc1. The smallest absolute Gasteiger partial charge is 0.335 e. The largest absolute Gasteiger partial charge is 0.478 e. The van der Waals surface area contributed by atoms with Crippen LogP contribution in [0, 0.1) is 5.92 Å². The Bertz CT molecular complexity index is 410. The van der Waals surface area contributed by atoms with Crippen LogP contribution in [0.1, 0.15) is 37.6 Å². The van der Waals surface area contributed by atoms with Gasteiger partial charge in [0.25, 0.3) is 0 Å². The number of aromatic carboxylic acids is 1. The average Bonchev–Trinajstić information content (AvgIpc) is 2.35. The highest BCUT2D eigenvalue weighted by atomic mass is 16.4. The second-order valence-electron chi connectivity index (χ2n) is 4.06. The Hall–Kier alpha value is -1.84. The predicted molar refractivity (Wildman–Crippen MR) is 69.6 cm³/mol. The molecule has 1 aromatic carbocycles. The number of carboxylic acids is 1. The van der Waals surface area contributed by atoms with Crippen molar-refractivity contribution >= 4 is 17.4 Å². The van der Waals surface area contributed by atoms with E-state index < -0.39 is 5.97 Å². The molecular weight excluding hydrogens is 216 g/mol. The number of anilines is 1. The monoisotopic (exact) mass is 234 g/mol. The Morgan fingerprint density at radius 3 is 2.47 bits per heavy atom. The van der Waals surface area contributed by atoms with Gasteiger partial charge in [0.2, 0.25) is 0 Å². The Labute approximate surface area is 101 Å². The molecule has 0 heterocycles. The van der Waals surface area contributed by atoms with Crippen molar-refractivity contribution in [1.29, 1.82) is 0 Å². The Kier molecular flexibility index (Phi) is 4.69. The summed E-state index contributed by atoms with van der Waals surface area (Å²) in [6.07, 6.45) is 1.05. The Morgan fingerprint density at radius 1 is 1.41 bits per heavy atom. The van der Waals surface area contributed by atoms with Gasteiger partial charge in [-0.1, -0.05) is 13.8 Å². The lowest BCUT2D eigenvalue weighted by molar-refractivity contribution is 0.0697. The summed E-state index contributed by atoms with van der Waals surface area (Å²) >= 11 is 0. The lowest BCUT2D eigenvalue weighted by atomic mass is 10.1. The van der Waals surface area contributed by atoms with Gasteiger partial charge in [-0.2, -0.15) is 5.10 Å². The third-order valence-corrected chi connectivity index (χ3v) is 2.82. The summed E-state index contributed by atoms with van der Waals surface area (Å²) in [6.45, 7) is 6.21. The molecule has 0 radical (unpaired) electrons. The number of nitrogens with one attached hydrogen (secondary N) is 1. The van der Waals surface area contributed by atoms with Gasteiger partial charge in [-0.15, -0.1) is 0 Å². The fourth-order valence-corrected chi connectivity index (χ4v) is 1.25. The zero-order chi connectivity index (χ0) is 12.8. The first kappa shape index (κ1) is 13.2. The minimum absolute atomic E-state index is 0.276. The Balaban J connectivity index is 2.67. The molecule has 4 heteroatoms. The molecule has 0 fully saturated rings. The highest BCUT2D eigenvalue weighted by Gasteiger charge is 2.03. The summed E-state index contributed by atoms with van der Waals surface area (Å²) in [7, 11) is 0. The van der Waals surface area contributed by atoms with Crippen LogP contribution < -0.4 is 5.43 Å². The molecule has 1 rings (SSSR count). The molecular formula is C13H18N2O2. The predicted octanol–water partition coefficient (Wildman–Crippen LogP) is 3.22. The van der Waals surface area contributed by atoms with Crippen LogP contribution in [0.3, 0.4) is 0 Å². The van der Waals surface area contributed by atoms with Gasteiger partial charge in [-0.05, 0) is 43.5 Å². The maximum Gasteiger partial charge on any atom is 0.335 e. The van der Waals surface area contributed by atoms with Gasteiger partial charge in [0.05, 0.1) is 11.3 Å². The highest BCUT2D eigenvalue weighted by Crippen LogP contribution is 2.10. The topological polar surface area (TPSA) is 61.7 Å². The molecule has 92 valence electrons. The van der Waals surface area contributed by atoms with Crippen LogP contribution in [0.4, 0.5) is 5.69 Å². The van der Waals surface area contributed by atoms with Crippen LogP contribution in [0.25, 0.3) is 0 Å². The maximum absolute atomic E-state index is 10.7. The van der Waals surface area contributed by atoms with Crippen molar-refractivity contribution in [3.63, 3.8) is 0 Å². The van der Waals surface area contributed by atoms with Gasteiger partial charge in [0.15, 0.2) is 0 Å². The molecule has 0 saturated carbocycles. The van der Waals surface area contributed by atoms with Gasteiger partial charge < -0.3 is 5.11 Å². The van der Waals surface area contributed by atoms with Crippen molar-refractivity contribution in [3.8, 4) is 0 Å². The minimum Gasteiger partial charge on any atom is -0.478 e. The van der Waals surface area contributed by atoms with Crippen molar-refractivity contribution in [2.24, 2.45) is 11.0 Å². The van der Waals surface area contributed by atoms with Crippen LogP contribution in [0.5, 0.6) is 0 Å². The number of benzene rings is 1. The second kappa shape index (κ2) is 6.03. The molecule has 1 aromatic rings. The first-order chi connectivity index (χ1) is 8.04. The lowest BCUT2D eigenvalue weighted by Crippen LogP contribution is -2.07. The van der Waals surface area contributed by atoms with Gasteiger partial charge in [0.1, 0.15) is 0 Å². The fraction of sp³-hybridized carbons (Fsp3) is 0.385. The van der Waals surface area contributed by atoms with E-state index in [1.54, 1.807) is 24.3 Å². The van der Waals surface area contributed by atoms with E-state index in [9.17, 15) is 4.79 Å². The summed E-state index contributed by atoms with van der Waals surface area (Å²) in [5.74, 6) is -0.475. The summed E-state index contributed by atoms with van der Waals surface area (Å²) in [5.41, 5.74) is 5.02. The third-order valence-electron chi connectivity index (χ3n) is 2.82. The van der Waals surface area contributed by atoms with E-state index in [4.69, 9.17) is 5.11 Å². The standard InChI is InChI=1S/C13H18N2O2/c1-4-9(2)10(3)14-15-12-7-5-11(6-8-12)13(16)17/h5-9,15H,4H2,1-3H3,(H,16,17)/b14-10-/t9-/m1/s1. The molecule has 0 aliphatic heterocycles. The summed E-state index contributed by atoms with van der Waals surface area (Å²) in [4.78, 5) is 10.7. The van der Waals surface area contributed by atoms with Crippen LogP contribution in [0.15, 0.2) is 29.4 Å². The normalized spacial score (nSPS) is 13.2. The first-order valence-electron chi connectivity index (χ1n) is 5.68. The number of nitrogens with zero attached hydrogens (tertiary/aromatic N) is 1. The quantitative estimate of drug-likeness (QED) is 0.607. The molecule has 0 unspecified atom stereocenters. The van der Waals surface area contributed by atoms with Crippen molar-refractivity contribution in [2.45, 2.75) is 27.2 Å². The molecule has 0 saturated heterocycles. The van der Waals surface area contributed by atoms with E-state index in [0.717, 1.165) is 17.8 Å². The van der Waals surface area contributed by atoms with E-state index in [1.165, 1.54) is 0 Å². The van der Waals surface area contributed by atoms with E-state index >= 15 is 0 Å². The van der Waals surface area contributed by atoms with Crippen molar-refractivity contribution in [2.75, 3.05) is 5.43 Å². The van der Waals surface area contributed by atoms with Crippen molar-refractivity contribution in [1.82, 2.24) is 0 Å². The number of hydrogen-bond acceptors (Lipinski definition) is 3. The number of hydrazone groups is 1. The van der Waals surface area contributed by atoms with Crippen LogP contribution in [0.2, 0.25) is 0 Å². The fourth-order valence-electron chi connectivity index (χ4n) is 1.25. The summed E-state index contributed by atoms with van der Waals surface area (Å²) < 4.78 is 0. The van der Waals surface area contributed by atoms with Crippen molar-refractivity contribution < 1.29 is 9.90 Å².